The molecule has 0 heterocycles. The molecule has 3 aromatic rings. The molecule has 3 rings (SSSR count). The van der Waals surface area contributed by atoms with Gasteiger partial charge in [-0.2, -0.15) is 5.10 Å². The maximum absolute atomic E-state index is 12.6. The van der Waals surface area contributed by atoms with Gasteiger partial charge in [-0.25, -0.2) is 10.2 Å². The summed E-state index contributed by atoms with van der Waals surface area (Å²) in [7, 11) is 0. The average molecular weight is 673 g/mol. The van der Waals surface area contributed by atoms with E-state index in [2.05, 4.69) is 63.6 Å². The first-order chi connectivity index (χ1) is 16.2. The molecule has 0 bridgehead atoms. The van der Waals surface area contributed by atoms with E-state index in [1.165, 1.54) is 6.21 Å². The Morgan fingerprint density at radius 1 is 0.941 bits per heavy atom. The van der Waals surface area contributed by atoms with Crippen molar-refractivity contribution in [2.45, 2.75) is 0 Å². The first-order valence-corrected chi connectivity index (χ1v) is 12.3. The SMILES string of the molecule is O=C(CNC(=O)c1ccc(Cl)cc1)NN=Cc1cc(Br)cc(Br)c1OC(=O)c1cccc(Br)c1. The molecule has 2 amide bonds. The first-order valence-electron chi connectivity index (χ1n) is 9.55. The second kappa shape index (κ2) is 12.3. The molecule has 0 unspecified atom stereocenters. The first kappa shape index (κ1) is 26.1. The number of hydrazone groups is 1. The fraction of sp³-hybridized carbons (Fsp3) is 0.0435. The van der Waals surface area contributed by atoms with Gasteiger partial charge in [-0.05, 0) is 70.5 Å². The van der Waals surface area contributed by atoms with Crippen LogP contribution < -0.4 is 15.5 Å². The number of hydrogen-bond donors (Lipinski definition) is 2. The van der Waals surface area contributed by atoms with Crippen LogP contribution in [-0.2, 0) is 4.79 Å². The zero-order valence-corrected chi connectivity index (χ0v) is 22.7. The highest BCUT2D eigenvalue weighted by Crippen LogP contribution is 2.32. The van der Waals surface area contributed by atoms with E-state index in [1.54, 1.807) is 60.7 Å². The minimum absolute atomic E-state index is 0.224. The summed E-state index contributed by atoms with van der Waals surface area (Å²) in [6.07, 6.45) is 1.33. The monoisotopic (exact) mass is 669 g/mol. The van der Waals surface area contributed by atoms with Crippen molar-refractivity contribution in [1.29, 1.82) is 0 Å². The molecule has 3 aromatic carbocycles. The summed E-state index contributed by atoms with van der Waals surface area (Å²) in [5.41, 5.74) is 3.48. The van der Waals surface area contributed by atoms with Crippen molar-refractivity contribution in [3.05, 3.63) is 95.8 Å². The maximum Gasteiger partial charge on any atom is 0.343 e. The summed E-state index contributed by atoms with van der Waals surface area (Å²) in [5.74, 6) is -1.30. The average Bonchev–Trinajstić information content (AvgIpc) is 2.80. The molecule has 0 radical (unpaired) electrons. The Morgan fingerprint density at radius 2 is 1.68 bits per heavy atom. The van der Waals surface area contributed by atoms with Gasteiger partial charge in [0.15, 0.2) is 5.75 Å². The van der Waals surface area contributed by atoms with E-state index in [0.717, 1.165) is 4.47 Å². The summed E-state index contributed by atoms with van der Waals surface area (Å²) in [4.78, 5) is 36.7. The standard InChI is InChI=1S/C23H15Br3ClN3O4/c24-16-3-1-2-14(8-16)23(33)34-21-15(9-17(25)10-19(21)26)11-29-30-20(31)12-28-22(32)13-4-6-18(27)7-5-13/h1-11H,12H2,(H,28,32)(H,30,31). The zero-order chi connectivity index (χ0) is 24.7. The normalized spacial score (nSPS) is 10.7. The van der Waals surface area contributed by atoms with Gasteiger partial charge in [0.1, 0.15) is 0 Å². The van der Waals surface area contributed by atoms with Gasteiger partial charge in [-0.1, -0.05) is 49.5 Å². The van der Waals surface area contributed by atoms with Crippen molar-refractivity contribution in [2.75, 3.05) is 6.54 Å². The van der Waals surface area contributed by atoms with Gasteiger partial charge >= 0.3 is 5.97 Å². The van der Waals surface area contributed by atoms with E-state index in [9.17, 15) is 14.4 Å². The van der Waals surface area contributed by atoms with Crippen molar-refractivity contribution in [3.8, 4) is 5.75 Å². The van der Waals surface area contributed by atoms with Crippen LogP contribution in [0.3, 0.4) is 0 Å². The Bertz CT molecular complexity index is 1270. The second-order valence-electron chi connectivity index (χ2n) is 6.69. The summed E-state index contributed by atoms with van der Waals surface area (Å²) < 4.78 is 7.52. The fourth-order valence-electron chi connectivity index (χ4n) is 2.63. The van der Waals surface area contributed by atoms with E-state index in [4.69, 9.17) is 16.3 Å². The van der Waals surface area contributed by atoms with E-state index >= 15 is 0 Å². The highest BCUT2D eigenvalue weighted by molar-refractivity contribution is 9.11. The molecule has 0 aliphatic heterocycles. The summed E-state index contributed by atoms with van der Waals surface area (Å²) >= 11 is 15.9. The number of ether oxygens (including phenoxy) is 1. The number of amides is 2. The predicted molar refractivity (Wildman–Crippen MR) is 140 cm³/mol. The van der Waals surface area contributed by atoms with Gasteiger partial charge in [0.05, 0.1) is 22.8 Å². The molecule has 34 heavy (non-hydrogen) atoms. The van der Waals surface area contributed by atoms with E-state index < -0.39 is 17.8 Å². The van der Waals surface area contributed by atoms with Gasteiger partial charge in [-0.15, -0.1) is 0 Å². The lowest BCUT2D eigenvalue weighted by Crippen LogP contribution is -2.34. The molecule has 0 aliphatic rings. The van der Waals surface area contributed by atoms with Gasteiger partial charge in [-0.3, -0.25) is 9.59 Å². The van der Waals surface area contributed by atoms with Crippen LogP contribution in [0.2, 0.25) is 5.02 Å². The van der Waals surface area contributed by atoms with Crippen molar-refractivity contribution in [1.82, 2.24) is 10.7 Å². The molecule has 0 saturated carbocycles. The molecular formula is C23H15Br3ClN3O4. The number of halogens is 4. The van der Waals surface area contributed by atoms with Gasteiger partial charge < -0.3 is 10.1 Å². The Labute approximate surface area is 225 Å². The second-order valence-corrected chi connectivity index (χ2v) is 9.81. The molecule has 0 spiro atoms. The number of nitrogens with one attached hydrogen (secondary N) is 2. The van der Waals surface area contributed by atoms with Crippen molar-refractivity contribution >= 4 is 83.4 Å². The predicted octanol–water partition coefficient (Wildman–Crippen LogP) is 5.73. The minimum atomic E-state index is -0.562. The molecule has 174 valence electrons. The fourth-order valence-corrected chi connectivity index (χ4v) is 4.49. The number of carbonyl (C=O) groups excluding carboxylic acids is 3. The summed E-state index contributed by atoms with van der Waals surface area (Å²) in [6, 6.07) is 16.4. The van der Waals surface area contributed by atoms with Crippen molar-refractivity contribution < 1.29 is 19.1 Å². The van der Waals surface area contributed by atoms with Gasteiger partial charge in [0.2, 0.25) is 0 Å². The van der Waals surface area contributed by atoms with Crippen molar-refractivity contribution in [2.24, 2.45) is 5.10 Å². The number of hydrogen-bond acceptors (Lipinski definition) is 5. The Morgan fingerprint density at radius 3 is 2.38 bits per heavy atom. The number of carbonyl (C=O) groups is 3. The molecule has 0 fully saturated rings. The molecule has 0 atom stereocenters. The largest absolute Gasteiger partial charge is 0.421 e. The number of nitrogens with zero attached hydrogens (tertiary/aromatic N) is 1. The van der Waals surface area contributed by atoms with Crippen LogP contribution in [0.4, 0.5) is 0 Å². The Balaban J connectivity index is 1.64. The van der Waals surface area contributed by atoms with Crippen LogP contribution in [0.5, 0.6) is 5.75 Å². The zero-order valence-electron chi connectivity index (χ0n) is 17.2. The topological polar surface area (TPSA) is 96.9 Å². The van der Waals surface area contributed by atoms with Crippen LogP contribution in [-0.4, -0.2) is 30.5 Å². The molecule has 0 aromatic heterocycles. The van der Waals surface area contributed by atoms with E-state index in [0.29, 0.717) is 30.7 Å². The van der Waals surface area contributed by atoms with Crippen LogP contribution in [0.25, 0.3) is 0 Å². The molecule has 0 aliphatic carbocycles. The smallest absolute Gasteiger partial charge is 0.343 e. The number of esters is 1. The minimum Gasteiger partial charge on any atom is -0.421 e. The van der Waals surface area contributed by atoms with Crippen molar-refractivity contribution in [3.63, 3.8) is 0 Å². The van der Waals surface area contributed by atoms with Gasteiger partial charge in [0.25, 0.3) is 11.8 Å². The number of benzene rings is 3. The molecule has 0 saturated heterocycles. The quantitative estimate of drug-likeness (QED) is 0.145. The third-order valence-corrected chi connectivity index (χ3v) is 5.99. The maximum atomic E-state index is 12.6. The van der Waals surface area contributed by atoms with E-state index in [-0.39, 0.29) is 12.3 Å². The van der Waals surface area contributed by atoms with Crippen LogP contribution in [0.1, 0.15) is 26.3 Å². The van der Waals surface area contributed by atoms with Crippen LogP contribution in [0, 0.1) is 0 Å². The van der Waals surface area contributed by atoms with E-state index in [1.807, 2.05) is 0 Å². The van der Waals surface area contributed by atoms with Crippen LogP contribution in [0.15, 0.2) is 79.2 Å². The van der Waals surface area contributed by atoms with Gasteiger partial charge in [0, 0.05) is 25.1 Å². The Hall–Kier alpha value is -2.53. The Kier molecular flexibility index (Phi) is 9.40. The lowest BCUT2D eigenvalue weighted by Gasteiger charge is -2.11. The summed E-state index contributed by atoms with van der Waals surface area (Å²) in [5, 5.41) is 6.90. The molecule has 7 nitrogen and oxygen atoms in total. The highest BCUT2D eigenvalue weighted by atomic mass is 79.9. The molecule has 11 heteroatoms. The summed E-state index contributed by atoms with van der Waals surface area (Å²) in [6.45, 7) is -0.286. The highest BCUT2D eigenvalue weighted by Gasteiger charge is 2.16. The third kappa shape index (κ3) is 7.49. The lowest BCUT2D eigenvalue weighted by molar-refractivity contribution is -0.120. The third-order valence-electron chi connectivity index (χ3n) is 4.20. The molecular weight excluding hydrogens is 657 g/mol. The lowest BCUT2D eigenvalue weighted by atomic mass is 10.2. The van der Waals surface area contributed by atoms with Crippen LogP contribution >= 0.6 is 59.4 Å². The molecule has 2 N–H and O–H groups in total. The number of rotatable bonds is 7.